The third-order valence-electron chi connectivity index (χ3n) is 2.96. The van der Waals surface area contributed by atoms with Gasteiger partial charge in [0.1, 0.15) is 0 Å². The van der Waals surface area contributed by atoms with Crippen LogP contribution in [0.2, 0.25) is 0 Å². The number of benzene rings is 2. The number of rotatable bonds is 2. The molecular formula is C14H8F3N3S. The van der Waals surface area contributed by atoms with Gasteiger partial charge in [0, 0.05) is 5.69 Å². The Morgan fingerprint density at radius 2 is 1.67 bits per heavy atom. The molecular weight excluding hydrogens is 299 g/mol. The van der Waals surface area contributed by atoms with Crippen LogP contribution in [0.3, 0.4) is 0 Å². The molecule has 2 aromatic carbocycles. The van der Waals surface area contributed by atoms with Crippen molar-refractivity contribution < 1.29 is 13.2 Å². The highest BCUT2D eigenvalue weighted by Gasteiger charge is 2.19. The van der Waals surface area contributed by atoms with Gasteiger partial charge in [0.15, 0.2) is 28.0 Å². The lowest BCUT2D eigenvalue weighted by Gasteiger charge is -2.08. The minimum absolute atomic E-state index is 0.0719. The number of nitrogens with zero attached hydrogens (tertiary/aromatic N) is 2. The number of halogens is 3. The first kappa shape index (κ1) is 13.6. The van der Waals surface area contributed by atoms with Crippen LogP contribution in [0.5, 0.6) is 0 Å². The molecule has 0 amide bonds. The van der Waals surface area contributed by atoms with Gasteiger partial charge in [-0.05, 0) is 36.5 Å². The number of hydrogen-bond donors (Lipinski definition) is 1. The van der Waals surface area contributed by atoms with Gasteiger partial charge < -0.3 is 0 Å². The lowest BCUT2D eigenvalue weighted by Crippen LogP contribution is -2.01. The molecule has 1 N–H and O–H groups in total. The average molecular weight is 307 g/mol. The molecule has 0 radical (unpaired) electrons. The molecule has 0 aliphatic heterocycles. The number of H-pyrrole nitrogens is 1. The Morgan fingerprint density at radius 3 is 2.38 bits per heavy atom. The normalized spacial score (nSPS) is 10.8. The third kappa shape index (κ3) is 2.25. The van der Waals surface area contributed by atoms with Gasteiger partial charge in [-0.3, -0.25) is 9.67 Å². The number of para-hydroxylation sites is 1. The second-order valence-corrected chi connectivity index (χ2v) is 4.63. The summed E-state index contributed by atoms with van der Waals surface area (Å²) in [6.07, 6.45) is 0. The van der Waals surface area contributed by atoms with Crippen molar-refractivity contribution in [3.63, 3.8) is 0 Å². The Bertz CT molecular complexity index is 856. The van der Waals surface area contributed by atoms with Gasteiger partial charge in [0.25, 0.3) is 0 Å². The smallest absolute Gasteiger partial charge is 0.200 e. The van der Waals surface area contributed by atoms with Gasteiger partial charge in [-0.2, -0.15) is 5.10 Å². The fourth-order valence-corrected chi connectivity index (χ4v) is 2.23. The summed E-state index contributed by atoms with van der Waals surface area (Å²) in [5, 5.41) is 6.44. The van der Waals surface area contributed by atoms with E-state index in [0.29, 0.717) is 5.69 Å². The highest BCUT2D eigenvalue weighted by molar-refractivity contribution is 7.71. The van der Waals surface area contributed by atoms with E-state index >= 15 is 0 Å². The molecule has 3 nitrogen and oxygen atoms in total. The summed E-state index contributed by atoms with van der Waals surface area (Å²) in [7, 11) is 0. The Labute approximate surface area is 122 Å². The summed E-state index contributed by atoms with van der Waals surface area (Å²) in [6, 6.07) is 10.8. The van der Waals surface area contributed by atoms with E-state index in [9.17, 15) is 13.2 Å². The number of aromatic nitrogens is 3. The van der Waals surface area contributed by atoms with Crippen molar-refractivity contribution >= 4 is 12.2 Å². The van der Waals surface area contributed by atoms with E-state index in [1.54, 1.807) is 24.3 Å². The van der Waals surface area contributed by atoms with E-state index in [2.05, 4.69) is 10.2 Å². The van der Waals surface area contributed by atoms with E-state index in [1.807, 2.05) is 6.07 Å². The van der Waals surface area contributed by atoms with E-state index in [-0.39, 0.29) is 16.2 Å². The molecule has 0 fully saturated rings. The molecule has 0 aliphatic rings. The van der Waals surface area contributed by atoms with Crippen molar-refractivity contribution in [2.45, 2.75) is 0 Å². The fraction of sp³-hybridized carbons (Fsp3) is 0. The topological polar surface area (TPSA) is 33.6 Å². The fourth-order valence-electron chi connectivity index (χ4n) is 1.99. The van der Waals surface area contributed by atoms with E-state index < -0.39 is 17.5 Å². The second kappa shape index (κ2) is 5.17. The van der Waals surface area contributed by atoms with Crippen molar-refractivity contribution in [3.05, 3.63) is 64.7 Å². The van der Waals surface area contributed by atoms with Gasteiger partial charge >= 0.3 is 0 Å². The Kier molecular flexibility index (Phi) is 3.34. The summed E-state index contributed by atoms with van der Waals surface area (Å²) in [5.41, 5.74) is 0.459. The minimum atomic E-state index is -1.54. The van der Waals surface area contributed by atoms with Crippen LogP contribution in [0.4, 0.5) is 13.2 Å². The molecule has 0 aliphatic carbocycles. The molecule has 0 saturated carbocycles. The minimum Gasteiger partial charge on any atom is -0.268 e. The Morgan fingerprint density at radius 1 is 0.952 bits per heavy atom. The summed E-state index contributed by atoms with van der Waals surface area (Å²) in [6.45, 7) is 0. The SMILES string of the molecule is Fc1ccc(-c2n[nH]c(=S)n2-c2ccccc2)c(F)c1F. The highest BCUT2D eigenvalue weighted by Crippen LogP contribution is 2.26. The number of aromatic amines is 1. The van der Waals surface area contributed by atoms with Crippen molar-refractivity contribution in [3.8, 4) is 17.1 Å². The molecule has 0 atom stereocenters. The largest absolute Gasteiger partial charge is 0.268 e. The molecule has 0 unspecified atom stereocenters. The molecule has 0 bridgehead atoms. The van der Waals surface area contributed by atoms with Crippen LogP contribution in [0.1, 0.15) is 0 Å². The van der Waals surface area contributed by atoms with Crippen molar-refractivity contribution in [1.29, 1.82) is 0 Å². The zero-order valence-electron chi connectivity index (χ0n) is 10.5. The molecule has 1 heterocycles. The average Bonchev–Trinajstić information content (AvgIpc) is 2.87. The predicted octanol–water partition coefficient (Wildman–Crippen LogP) is 4.01. The zero-order valence-corrected chi connectivity index (χ0v) is 11.3. The van der Waals surface area contributed by atoms with Crippen LogP contribution in [0.25, 0.3) is 17.1 Å². The summed E-state index contributed by atoms with van der Waals surface area (Å²) >= 11 is 5.11. The summed E-state index contributed by atoms with van der Waals surface area (Å²) in [4.78, 5) is 0. The maximum atomic E-state index is 13.9. The van der Waals surface area contributed by atoms with E-state index in [0.717, 1.165) is 12.1 Å². The molecule has 3 aromatic rings. The molecule has 1 aromatic heterocycles. The van der Waals surface area contributed by atoms with Crippen LogP contribution < -0.4 is 0 Å². The molecule has 7 heteroatoms. The van der Waals surface area contributed by atoms with Gasteiger partial charge in [-0.25, -0.2) is 13.2 Å². The molecule has 21 heavy (non-hydrogen) atoms. The Hall–Kier alpha value is -2.41. The van der Waals surface area contributed by atoms with Gasteiger partial charge in [0.05, 0.1) is 5.56 Å². The molecule has 0 spiro atoms. The van der Waals surface area contributed by atoms with Crippen LogP contribution >= 0.6 is 12.2 Å². The van der Waals surface area contributed by atoms with Crippen LogP contribution in [-0.4, -0.2) is 14.8 Å². The van der Waals surface area contributed by atoms with Crippen LogP contribution in [0.15, 0.2) is 42.5 Å². The lowest BCUT2D eigenvalue weighted by atomic mass is 10.1. The van der Waals surface area contributed by atoms with Gasteiger partial charge in [-0.15, -0.1) is 0 Å². The highest BCUT2D eigenvalue weighted by atomic mass is 32.1. The van der Waals surface area contributed by atoms with E-state index in [4.69, 9.17) is 12.2 Å². The molecule has 3 rings (SSSR count). The van der Waals surface area contributed by atoms with Gasteiger partial charge in [0.2, 0.25) is 0 Å². The summed E-state index contributed by atoms with van der Waals surface area (Å²) < 4.78 is 42.0. The maximum absolute atomic E-state index is 13.9. The first-order chi connectivity index (χ1) is 10.1. The maximum Gasteiger partial charge on any atom is 0.200 e. The third-order valence-corrected chi connectivity index (χ3v) is 3.24. The standard InChI is InChI=1S/C14H8F3N3S/c15-10-7-6-9(11(16)12(10)17)13-18-19-14(21)20(13)8-4-2-1-3-5-8/h1-7H,(H,19,21). The number of nitrogens with one attached hydrogen (secondary N) is 1. The predicted molar refractivity (Wildman–Crippen MR) is 74.1 cm³/mol. The quantitative estimate of drug-likeness (QED) is 0.573. The van der Waals surface area contributed by atoms with Crippen molar-refractivity contribution in [2.24, 2.45) is 0 Å². The second-order valence-electron chi connectivity index (χ2n) is 4.25. The summed E-state index contributed by atoms with van der Waals surface area (Å²) in [5.74, 6) is -4.03. The zero-order chi connectivity index (χ0) is 15.0. The lowest BCUT2D eigenvalue weighted by molar-refractivity contribution is 0.448. The first-order valence-corrected chi connectivity index (χ1v) is 6.37. The van der Waals surface area contributed by atoms with Crippen molar-refractivity contribution in [2.75, 3.05) is 0 Å². The molecule has 0 saturated heterocycles. The van der Waals surface area contributed by atoms with Crippen molar-refractivity contribution in [1.82, 2.24) is 14.8 Å². The van der Waals surface area contributed by atoms with Gasteiger partial charge in [-0.1, -0.05) is 18.2 Å². The van der Waals surface area contributed by atoms with E-state index in [1.165, 1.54) is 4.57 Å². The molecule has 106 valence electrons. The van der Waals surface area contributed by atoms with Crippen LogP contribution in [0, 0.1) is 22.2 Å². The van der Waals surface area contributed by atoms with Crippen LogP contribution in [-0.2, 0) is 0 Å². The Balaban J connectivity index is 2.27. The monoisotopic (exact) mass is 307 g/mol. The first-order valence-electron chi connectivity index (χ1n) is 5.96. The number of hydrogen-bond acceptors (Lipinski definition) is 2.